The van der Waals surface area contributed by atoms with Gasteiger partial charge in [0.25, 0.3) is 0 Å². The van der Waals surface area contributed by atoms with Crippen molar-refractivity contribution >= 4 is 35.0 Å². The summed E-state index contributed by atoms with van der Waals surface area (Å²) in [6.45, 7) is 4.50. The Bertz CT molecular complexity index is 1600. The molecule has 0 aliphatic heterocycles. The second-order valence-electron chi connectivity index (χ2n) is 11.1. The first-order chi connectivity index (χ1) is 21.3. The van der Waals surface area contributed by atoms with Gasteiger partial charge in [-0.05, 0) is 47.2 Å². The fourth-order valence-corrected chi connectivity index (χ4v) is 5.61. The molecule has 9 heteroatoms. The number of carboxylic acid groups (broad SMARTS) is 1. The maximum absolute atomic E-state index is 12.7. The molecule has 0 spiro atoms. The van der Waals surface area contributed by atoms with Crippen molar-refractivity contribution in [3.8, 4) is 11.1 Å². The molecule has 44 heavy (non-hydrogen) atoms. The Labute approximate surface area is 262 Å². The average Bonchev–Trinajstić information content (AvgIpc) is 3.52. The first-order valence-corrected chi connectivity index (χ1v) is 15.2. The molecule has 0 saturated heterocycles. The van der Waals surface area contributed by atoms with Crippen LogP contribution < -0.4 is 16.0 Å². The summed E-state index contributed by atoms with van der Waals surface area (Å²) in [5.74, 6) is -0.278. The Morgan fingerprint density at radius 2 is 1.52 bits per heavy atom. The van der Waals surface area contributed by atoms with Crippen molar-refractivity contribution < 1.29 is 14.7 Å². The lowest BCUT2D eigenvalue weighted by atomic mass is 10.0. The van der Waals surface area contributed by atoms with Crippen molar-refractivity contribution in [2.24, 2.45) is 0 Å². The normalized spacial score (nSPS) is 12.9. The largest absolute Gasteiger partial charge is 0.481 e. The van der Waals surface area contributed by atoms with Crippen molar-refractivity contribution in [1.29, 1.82) is 0 Å². The van der Waals surface area contributed by atoms with E-state index < -0.39 is 5.97 Å². The predicted molar refractivity (Wildman–Crippen MR) is 175 cm³/mol. The second-order valence-corrected chi connectivity index (χ2v) is 11.4. The van der Waals surface area contributed by atoms with Gasteiger partial charge in [-0.15, -0.1) is 0 Å². The first kappa shape index (κ1) is 30.8. The number of carbonyl (C=O) groups excluding carboxylic acids is 1. The van der Waals surface area contributed by atoms with Gasteiger partial charge in [-0.2, -0.15) is 0 Å². The molecule has 1 aromatic heterocycles. The number of aliphatic carboxylic acids is 1. The number of anilines is 2. The number of carboxylic acids is 1. The third-order valence-corrected chi connectivity index (χ3v) is 7.90. The molecular formula is C35H36ClN5O3. The van der Waals surface area contributed by atoms with Gasteiger partial charge in [0.1, 0.15) is 16.8 Å². The number of rotatable bonds is 13. The molecule has 4 N–H and O–H groups in total. The Morgan fingerprint density at radius 1 is 0.864 bits per heavy atom. The number of nitrogens with one attached hydrogen (secondary N) is 3. The molecule has 226 valence electrons. The van der Waals surface area contributed by atoms with E-state index in [9.17, 15) is 14.7 Å². The minimum Gasteiger partial charge on any atom is -0.481 e. The molecule has 0 radical (unpaired) electrons. The van der Waals surface area contributed by atoms with Gasteiger partial charge in [-0.1, -0.05) is 97.8 Å². The summed E-state index contributed by atoms with van der Waals surface area (Å²) in [6, 6.07) is 26.0. The third kappa shape index (κ3) is 8.67. The van der Waals surface area contributed by atoms with Crippen LogP contribution in [0.5, 0.6) is 0 Å². The van der Waals surface area contributed by atoms with E-state index in [-0.39, 0.29) is 23.9 Å². The molecule has 0 unspecified atom stereocenters. The van der Waals surface area contributed by atoms with E-state index in [1.54, 1.807) is 0 Å². The molecule has 1 aliphatic carbocycles. The standard InChI is InChI=1S/C35H36ClN5O3/c1-23(38-28-9-5-6-10-28)22-37-35-30(21-33(43)44)34(36)40-31(41-35)19-24-13-17-29(18-14-24)39-32(42)20-25-11-15-27(16-12-25)26-7-3-2-4-8-26/h2-4,7-8,11-18,28,38H,1,5-6,9-10,19-22H2,(H,39,42)(H,43,44)(H,37,40,41). The van der Waals surface area contributed by atoms with E-state index in [1.165, 1.54) is 12.8 Å². The van der Waals surface area contributed by atoms with Gasteiger partial charge in [0, 0.05) is 29.4 Å². The van der Waals surface area contributed by atoms with E-state index in [2.05, 4.69) is 44.6 Å². The van der Waals surface area contributed by atoms with Crippen LogP contribution in [0, 0.1) is 0 Å². The summed E-state index contributed by atoms with van der Waals surface area (Å²) in [5.41, 5.74) is 5.93. The van der Waals surface area contributed by atoms with Crippen molar-refractivity contribution in [1.82, 2.24) is 15.3 Å². The second kappa shape index (κ2) is 14.7. The van der Waals surface area contributed by atoms with Gasteiger partial charge in [-0.3, -0.25) is 9.59 Å². The monoisotopic (exact) mass is 609 g/mol. The van der Waals surface area contributed by atoms with E-state index in [0.717, 1.165) is 40.8 Å². The summed E-state index contributed by atoms with van der Waals surface area (Å²) >= 11 is 6.45. The van der Waals surface area contributed by atoms with Crippen LogP contribution in [0.3, 0.4) is 0 Å². The summed E-state index contributed by atoms with van der Waals surface area (Å²) in [5, 5.41) is 19.1. The molecule has 1 saturated carbocycles. The van der Waals surface area contributed by atoms with Gasteiger partial charge in [0.05, 0.1) is 19.4 Å². The fourth-order valence-electron chi connectivity index (χ4n) is 5.36. The zero-order valence-electron chi connectivity index (χ0n) is 24.5. The summed E-state index contributed by atoms with van der Waals surface area (Å²) in [6.07, 6.45) is 5.02. The lowest BCUT2D eigenvalue weighted by Crippen LogP contribution is -2.28. The van der Waals surface area contributed by atoms with Crippen LogP contribution in [0.15, 0.2) is 91.1 Å². The van der Waals surface area contributed by atoms with Gasteiger partial charge in [0.15, 0.2) is 0 Å². The summed E-state index contributed by atoms with van der Waals surface area (Å²) < 4.78 is 0. The number of benzene rings is 3. The highest BCUT2D eigenvalue weighted by molar-refractivity contribution is 6.30. The number of halogens is 1. The lowest BCUT2D eigenvalue weighted by Gasteiger charge is -2.18. The van der Waals surface area contributed by atoms with Crippen molar-refractivity contribution in [2.75, 3.05) is 17.2 Å². The number of amides is 1. The molecule has 1 aliphatic rings. The highest BCUT2D eigenvalue weighted by Crippen LogP contribution is 2.25. The number of aromatic nitrogens is 2. The molecule has 0 bridgehead atoms. The van der Waals surface area contributed by atoms with Crippen LogP contribution in [0.1, 0.15) is 48.2 Å². The summed E-state index contributed by atoms with van der Waals surface area (Å²) in [7, 11) is 0. The Hall–Kier alpha value is -4.69. The Morgan fingerprint density at radius 3 is 2.20 bits per heavy atom. The van der Waals surface area contributed by atoms with Crippen LogP contribution in [-0.4, -0.2) is 39.5 Å². The fraction of sp³-hybridized carbons (Fsp3) is 0.257. The lowest BCUT2D eigenvalue weighted by molar-refractivity contribution is -0.136. The number of hydrogen-bond acceptors (Lipinski definition) is 6. The highest BCUT2D eigenvalue weighted by Gasteiger charge is 2.18. The van der Waals surface area contributed by atoms with Crippen molar-refractivity contribution in [3.05, 3.63) is 119 Å². The van der Waals surface area contributed by atoms with E-state index in [1.807, 2.05) is 66.7 Å². The first-order valence-electron chi connectivity index (χ1n) is 14.8. The molecule has 4 aromatic rings. The Balaban J connectivity index is 1.19. The molecule has 1 fully saturated rings. The zero-order valence-corrected chi connectivity index (χ0v) is 25.2. The predicted octanol–water partition coefficient (Wildman–Crippen LogP) is 6.65. The van der Waals surface area contributed by atoms with E-state index in [4.69, 9.17) is 11.6 Å². The maximum Gasteiger partial charge on any atom is 0.308 e. The van der Waals surface area contributed by atoms with Crippen molar-refractivity contribution in [3.63, 3.8) is 0 Å². The van der Waals surface area contributed by atoms with Crippen LogP contribution in [0.25, 0.3) is 11.1 Å². The van der Waals surface area contributed by atoms with Gasteiger partial charge in [-0.25, -0.2) is 9.97 Å². The molecule has 1 amide bonds. The molecule has 1 heterocycles. The van der Waals surface area contributed by atoms with Crippen LogP contribution >= 0.6 is 11.6 Å². The third-order valence-electron chi connectivity index (χ3n) is 7.59. The number of hydrogen-bond donors (Lipinski definition) is 4. The molecular weight excluding hydrogens is 574 g/mol. The molecule has 0 atom stereocenters. The van der Waals surface area contributed by atoms with Gasteiger partial charge >= 0.3 is 5.97 Å². The van der Waals surface area contributed by atoms with E-state index in [0.29, 0.717) is 41.9 Å². The number of carbonyl (C=O) groups is 2. The quantitative estimate of drug-likeness (QED) is 0.125. The number of nitrogens with zero attached hydrogens (tertiary/aromatic N) is 2. The maximum atomic E-state index is 12.7. The minimum atomic E-state index is -1.02. The topological polar surface area (TPSA) is 116 Å². The smallest absolute Gasteiger partial charge is 0.308 e. The van der Waals surface area contributed by atoms with E-state index >= 15 is 0 Å². The summed E-state index contributed by atoms with van der Waals surface area (Å²) in [4.78, 5) is 33.2. The van der Waals surface area contributed by atoms with Gasteiger partial charge in [0.2, 0.25) is 5.91 Å². The van der Waals surface area contributed by atoms with Crippen LogP contribution in [0.2, 0.25) is 5.15 Å². The van der Waals surface area contributed by atoms with Crippen LogP contribution in [0.4, 0.5) is 11.5 Å². The molecule has 8 nitrogen and oxygen atoms in total. The zero-order chi connectivity index (χ0) is 30.9. The molecule has 5 rings (SSSR count). The van der Waals surface area contributed by atoms with Gasteiger partial charge < -0.3 is 21.1 Å². The molecule has 3 aromatic carbocycles. The van der Waals surface area contributed by atoms with Crippen LogP contribution in [-0.2, 0) is 28.9 Å². The average molecular weight is 610 g/mol. The SMILES string of the molecule is C=C(CNc1nc(Cc2ccc(NC(=O)Cc3ccc(-c4ccccc4)cc3)cc2)nc(Cl)c1CC(=O)O)NC1CCCC1. The minimum absolute atomic E-state index is 0.103. The Kier molecular flexibility index (Phi) is 10.2. The van der Waals surface area contributed by atoms with Crippen molar-refractivity contribution in [2.45, 2.75) is 51.0 Å². The highest BCUT2D eigenvalue weighted by atomic mass is 35.5.